The normalized spacial score (nSPS) is 19.6. The molecular formula is C12H25ClN2O. The Labute approximate surface area is 105 Å². The molecule has 1 atom stereocenters. The van der Waals surface area contributed by atoms with Gasteiger partial charge in [-0.1, -0.05) is 20.3 Å². The molecule has 1 aliphatic carbocycles. The van der Waals surface area contributed by atoms with E-state index in [0.717, 1.165) is 6.54 Å². The van der Waals surface area contributed by atoms with Gasteiger partial charge in [0.05, 0.1) is 6.04 Å². The van der Waals surface area contributed by atoms with Crippen LogP contribution in [0.25, 0.3) is 0 Å². The van der Waals surface area contributed by atoms with Crippen LogP contribution in [0.3, 0.4) is 0 Å². The highest BCUT2D eigenvalue weighted by Crippen LogP contribution is 2.45. The summed E-state index contributed by atoms with van der Waals surface area (Å²) in [5.74, 6) is 0.683. The van der Waals surface area contributed by atoms with Crippen LogP contribution in [-0.2, 0) is 4.79 Å². The van der Waals surface area contributed by atoms with Gasteiger partial charge in [0.2, 0.25) is 5.91 Å². The summed E-state index contributed by atoms with van der Waals surface area (Å²) in [6.45, 7) is 7.03. The van der Waals surface area contributed by atoms with E-state index in [-0.39, 0.29) is 24.4 Å². The molecule has 1 rings (SSSR count). The van der Waals surface area contributed by atoms with Crippen molar-refractivity contribution in [1.29, 1.82) is 0 Å². The fraction of sp³-hybridized carbons (Fsp3) is 0.917. The molecule has 0 bridgehead atoms. The van der Waals surface area contributed by atoms with Gasteiger partial charge < -0.3 is 11.1 Å². The van der Waals surface area contributed by atoms with Crippen molar-refractivity contribution < 1.29 is 4.79 Å². The van der Waals surface area contributed by atoms with Crippen molar-refractivity contribution in [2.24, 2.45) is 17.1 Å². The van der Waals surface area contributed by atoms with Crippen LogP contribution in [0, 0.1) is 11.3 Å². The van der Waals surface area contributed by atoms with Gasteiger partial charge in [0.1, 0.15) is 0 Å². The SMILES string of the molecule is CC(C)CC1(CNC(=O)[C@@H](C)N)CCC1.Cl. The van der Waals surface area contributed by atoms with Crippen molar-refractivity contribution >= 4 is 18.3 Å². The Morgan fingerprint density at radius 2 is 1.94 bits per heavy atom. The second-order valence-corrected chi connectivity index (χ2v) is 5.46. The molecule has 0 aromatic rings. The molecule has 16 heavy (non-hydrogen) atoms. The predicted molar refractivity (Wildman–Crippen MR) is 69.6 cm³/mol. The number of nitrogens with two attached hydrogens (primary N) is 1. The minimum absolute atomic E-state index is 0. The van der Waals surface area contributed by atoms with E-state index >= 15 is 0 Å². The van der Waals surface area contributed by atoms with Crippen molar-refractivity contribution in [3.8, 4) is 0 Å². The van der Waals surface area contributed by atoms with E-state index in [2.05, 4.69) is 19.2 Å². The first kappa shape index (κ1) is 15.7. The first-order chi connectivity index (χ1) is 6.95. The first-order valence-electron chi connectivity index (χ1n) is 5.98. The summed E-state index contributed by atoms with van der Waals surface area (Å²) in [5.41, 5.74) is 5.89. The number of halogens is 1. The number of carbonyl (C=O) groups is 1. The summed E-state index contributed by atoms with van der Waals surface area (Å²) >= 11 is 0. The maximum atomic E-state index is 11.4. The molecule has 1 amide bonds. The Bertz CT molecular complexity index is 225. The van der Waals surface area contributed by atoms with Gasteiger partial charge in [-0.25, -0.2) is 0 Å². The molecule has 0 aliphatic heterocycles. The Morgan fingerprint density at radius 1 is 1.38 bits per heavy atom. The molecule has 1 aliphatic rings. The fourth-order valence-corrected chi connectivity index (χ4v) is 2.43. The van der Waals surface area contributed by atoms with Crippen molar-refractivity contribution in [1.82, 2.24) is 5.32 Å². The van der Waals surface area contributed by atoms with Crippen LogP contribution in [0.2, 0.25) is 0 Å². The molecular weight excluding hydrogens is 224 g/mol. The lowest BCUT2D eigenvalue weighted by molar-refractivity contribution is -0.123. The maximum absolute atomic E-state index is 11.4. The highest BCUT2D eigenvalue weighted by atomic mass is 35.5. The molecule has 0 aromatic carbocycles. The van der Waals surface area contributed by atoms with Crippen LogP contribution in [0.4, 0.5) is 0 Å². The zero-order valence-electron chi connectivity index (χ0n) is 10.6. The van der Waals surface area contributed by atoms with E-state index in [0.29, 0.717) is 11.3 Å². The molecule has 0 aromatic heterocycles. The third-order valence-electron chi connectivity index (χ3n) is 3.31. The van der Waals surface area contributed by atoms with Gasteiger partial charge >= 0.3 is 0 Å². The second kappa shape index (κ2) is 6.45. The predicted octanol–water partition coefficient (Wildman–Crippen LogP) is 2.09. The zero-order valence-corrected chi connectivity index (χ0v) is 11.4. The highest BCUT2D eigenvalue weighted by molar-refractivity contribution is 5.85. The van der Waals surface area contributed by atoms with Crippen LogP contribution in [0.15, 0.2) is 0 Å². The molecule has 3 nitrogen and oxygen atoms in total. The number of hydrogen-bond acceptors (Lipinski definition) is 2. The quantitative estimate of drug-likeness (QED) is 0.783. The largest absolute Gasteiger partial charge is 0.354 e. The summed E-state index contributed by atoms with van der Waals surface area (Å²) in [6.07, 6.45) is 5.03. The molecule has 0 saturated heterocycles. The minimum atomic E-state index is -0.388. The van der Waals surface area contributed by atoms with E-state index < -0.39 is 0 Å². The molecule has 3 N–H and O–H groups in total. The van der Waals surface area contributed by atoms with E-state index in [1.165, 1.54) is 25.7 Å². The summed E-state index contributed by atoms with van der Waals surface area (Å²) in [4.78, 5) is 11.4. The molecule has 4 heteroatoms. The summed E-state index contributed by atoms with van der Waals surface area (Å²) in [6, 6.07) is -0.388. The van der Waals surface area contributed by atoms with E-state index in [1.807, 2.05) is 0 Å². The fourth-order valence-electron chi connectivity index (χ4n) is 2.43. The van der Waals surface area contributed by atoms with E-state index in [9.17, 15) is 4.79 Å². The lowest BCUT2D eigenvalue weighted by atomic mass is 9.64. The highest BCUT2D eigenvalue weighted by Gasteiger charge is 2.37. The Balaban J connectivity index is 0.00000225. The van der Waals surface area contributed by atoms with Crippen LogP contribution < -0.4 is 11.1 Å². The number of carbonyl (C=O) groups excluding carboxylic acids is 1. The van der Waals surface area contributed by atoms with Gasteiger partial charge in [0.15, 0.2) is 0 Å². The van der Waals surface area contributed by atoms with E-state index in [4.69, 9.17) is 5.73 Å². The third-order valence-corrected chi connectivity index (χ3v) is 3.31. The monoisotopic (exact) mass is 248 g/mol. The number of rotatable bonds is 5. The van der Waals surface area contributed by atoms with Crippen molar-refractivity contribution in [3.05, 3.63) is 0 Å². The Hall–Kier alpha value is -0.280. The Kier molecular flexibility index (Phi) is 6.34. The number of hydrogen-bond donors (Lipinski definition) is 2. The summed E-state index contributed by atoms with van der Waals surface area (Å²) in [5, 5.41) is 2.97. The average molecular weight is 249 g/mol. The van der Waals surface area contributed by atoms with Crippen molar-refractivity contribution in [2.75, 3.05) is 6.54 Å². The van der Waals surface area contributed by atoms with E-state index in [1.54, 1.807) is 6.92 Å². The molecule has 0 unspecified atom stereocenters. The molecule has 0 radical (unpaired) electrons. The molecule has 0 heterocycles. The van der Waals surface area contributed by atoms with Gasteiger partial charge in [0, 0.05) is 6.54 Å². The minimum Gasteiger partial charge on any atom is -0.354 e. The number of nitrogens with one attached hydrogen (secondary N) is 1. The smallest absolute Gasteiger partial charge is 0.236 e. The van der Waals surface area contributed by atoms with Crippen molar-refractivity contribution in [3.63, 3.8) is 0 Å². The molecule has 0 spiro atoms. The molecule has 1 saturated carbocycles. The maximum Gasteiger partial charge on any atom is 0.236 e. The second-order valence-electron chi connectivity index (χ2n) is 5.46. The topological polar surface area (TPSA) is 55.1 Å². The third kappa shape index (κ3) is 4.30. The zero-order chi connectivity index (χ0) is 11.5. The van der Waals surface area contributed by atoms with Crippen LogP contribution in [0.5, 0.6) is 0 Å². The van der Waals surface area contributed by atoms with Crippen LogP contribution in [0.1, 0.15) is 46.5 Å². The van der Waals surface area contributed by atoms with Gasteiger partial charge in [-0.2, -0.15) is 0 Å². The van der Waals surface area contributed by atoms with Gasteiger partial charge in [-0.05, 0) is 37.5 Å². The standard InChI is InChI=1S/C12H24N2O.ClH/c1-9(2)7-12(5-4-6-12)8-14-11(15)10(3)13;/h9-10H,4-8,13H2,1-3H3,(H,14,15);1H/t10-;/m1./s1. The summed E-state index contributed by atoms with van der Waals surface area (Å²) < 4.78 is 0. The average Bonchev–Trinajstić information content (AvgIpc) is 2.08. The number of amides is 1. The van der Waals surface area contributed by atoms with Crippen LogP contribution in [-0.4, -0.2) is 18.5 Å². The van der Waals surface area contributed by atoms with Gasteiger partial charge in [-0.15, -0.1) is 12.4 Å². The van der Waals surface area contributed by atoms with Gasteiger partial charge in [-0.3, -0.25) is 4.79 Å². The lowest BCUT2D eigenvalue weighted by Gasteiger charge is -2.43. The summed E-state index contributed by atoms with van der Waals surface area (Å²) in [7, 11) is 0. The molecule has 96 valence electrons. The van der Waals surface area contributed by atoms with Gasteiger partial charge in [0.25, 0.3) is 0 Å². The lowest BCUT2D eigenvalue weighted by Crippen LogP contribution is -2.47. The van der Waals surface area contributed by atoms with Crippen LogP contribution >= 0.6 is 12.4 Å². The Morgan fingerprint density at radius 3 is 2.25 bits per heavy atom. The first-order valence-corrected chi connectivity index (χ1v) is 5.98. The molecule has 1 fully saturated rings. The van der Waals surface area contributed by atoms with Crippen molar-refractivity contribution in [2.45, 2.75) is 52.5 Å².